The lowest BCUT2D eigenvalue weighted by molar-refractivity contribution is -0.114. The first-order chi connectivity index (χ1) is 11.7. The van der Waals surface area contributed by atoms with Gasteiger partial charge in [0.25, 0.3) is 5.91 Å². The second kappa shape index (κ2) is 7.83. The van der Waals surface area contributed by atoms with Gasteiger partial charge >= 0.3 is 0 Å². The minimum atomic E-state index is -3.55. The number of hydrogen-bond donors (Lipinski definition) is 4. The molecule has 25 heavy (non-hydrogen) atoms. The van der Waals surface area contributed by atoms with E-state index in [2.05, 4.69) is 15.4 Å². The molecule has 9 heteroatoms. The van der Waals surface area contributed by atoms with Crippen LogP contribution in [0, 0.1) is 5.92 Å². The molecule has 1 aromatic rings. The van der Waals surface area contributed by atoms with Gasteiger partial charge in [-0.15, -0.1) is 0 Å². The van der Waals surface area contributed by atoms with Gasteiger partial charge in [-0.1, -0.05) is 6.42 Å². The van der Waals surface area contributed by atoms with E-state index in [0.29, 0.717) is 12.2 Å². The van der Waals surface area contributed by atoms with Crippen LogP contribution in [-0.4, -0.2) is 39.1 Å². The highest BCUT2D eigenvalue weighted by Gasteiger charge is 2.28. The van der Waals surface area contributed by atoms with Crippen LogP contribution in [0.4, 0.5) is 11.4 Å². The molecule has 8 nitrogen and oxygen atoms in total. The summed E-state index contributed by atoms with van der Waals surface area (Å²) in [6.45, 7) is 1.85. The Morgan fingerprint density at radius 2 is 2.00 bits per heavy atom. The summed E-state index contributed by atoms with van der Waals surface area (Å²) >= 11 is 0. The van der Waals surface area contributed by atoms with E-state index < -0.39 is 15.9 Å². The summed E-state index contributed by atoms with van der Waals surface area (Å²) in [6, 6.07) is 4.41. The third-order valence-corrected chi connectivity index (χ3v) is 4.75. The predicted molar refractivity (Wildman–Crippen MR) is 96.9 cm³/mol. The van der Waals surface area contributed by atoms with Crippen molar-refractivity contribution in [1.29, 1.82) is 0 Å². The van der Waals surface area contributed by atoms with Crippen LogP contribution in [0.2, 0.25) is 0 Å². The summed E-state index contributed by atoms with van der Waals surface area (Å²) < 4.78 is 25.4. The lowest BCUT2D eigenvalue weighted by Crippen LogP contribution is -2.40. The molecule has 2 amide bonds. The van der Waals surface area contributed by atoms with Gasteiger partial charge in [0, 0.05) is 18.7 Å². The zero-order valence-electron chi connectivity index (χ0n) is 14.3. The van der Waals surface area contributed by atoms with Gasteiger partial charge in [0.1, 0.15) is 0 Å². The van der Waals surface area contributed by atoms with E-state index in [1.54, 1.807) is 0 Å². The van der Waals surface area contributed by atoms with Crippen LogP contribution in [-0.2, 0) is 14.8 Å². The third kappa shape index (κ3) is 5.43. The summed E-state index contributed by atoms with van der Waals surface area (Å²) in [4.78, 5) is 23.9. The molecular weight excluding hydrogens is 344 g/mol. The summed E-state index contributed by atoms with van der Waals surface area (Å²) in [5, 5.41) is 5.52. The molecule has 1 aliphatic rings. The largest absolute Gasteiger partial charge is 0.349 e. The number of amides is 2. The molecule has 0 radical (unpaired) electrons. The maximum absolute atomic E-state index is 12.7. The smallest absolute Gasteiger partial charge is 0.253 e. The van der Waals surface area contributed by atoms with Crippen molar-refractivity contribution in [2.24, 2.45) is 11.7 Å². The van der Waals surface area contributed by atoms with E-state index in [9.17, 15) is 18.0 Å². The highest BCUT2D eigenvalue weighted by Crippen LogP contribution is 2.27. The van der Waals surface area contributed by atoms with Gasteiger partial charge in [0.2, 0.25) is 15.9 Å². The van der Waals surface area contributed by atoms with Gasteiger partial charge in [-0.3, -0.25) is 14.3 Å². The Hall–Kier alpha value is -2.13. The quantitative estimate of drug-likeness (QED) is 0.592. The molecule has 0 bridgehead atoms. The molecule has 0 saturated heterocycles. The van der Waals surface area contributed by atoms with Crippen molar-refractivity contribution in [3.8, 4) is 0 Å². The number of hydrogen-bond acceptors (Lipinski definition) is 5. The summed E-state index contributed by atoms with van der Waals surface area (Å²) in [5.74, 6) is -0.466. The lowest BCUT2D eigenvalue weighted by Gasteiger charge is -2.21. The lowest BCUT2D eigenvalue weighted by atomic mass is 10.0. The first kappa shape index (κ1) is 19.2. The first-order valence-corrected chi connectivity index (χ1v) is 9.99. The summed E-state index contributed by atoms with van der Waals surface area (Å²) in [7, 11) is -3.55. The van der Waals surface area contributed by atoms with E-state index in [4.69, 9.17) is 5.73 Å². The molecule has 2 unspecified atom stereocenters. The maximum Gasteiger partial charge on any atom is 0.253 e. The van der Waals surface area contributed by atoms with Crippen LogP contribution in [0.5, 0.6) is 0 Å². The first-order valence-electron chi connectivity index (χ1n) is 8.10. The van der Waals surface area contributed by atoms with Crippen molar-refractivity contribution in [2.45, 2.75) is 32.2 Å². The molecule has 1 fully saturated rings. The van der Waals surface area contributed by atoms with E-state index in [1.807, 2.05) is 0 Å². The number of carbonyl (C=O) groups excluding carboxylic acids is 2. The number of nitrogens with one attached hydrogen (secondary N) is 3. The number of carbonyl (C=O) groups is 2. The molecule has 0 aromatic heterocycles. The maximum atomic E-state index is 12.7. The third-order valence-electron chi connectivity index (χ3n) is 4.16. The second-order valence-corrected chi connectivity index (χ2v) is 8.07. The van der Waals surface area contributed by atoms with Crippen molar-refractivity contribution in [1.82, 2.24) is 5.32 Å². The Kier molecular flexibility index (Phi) is 6.02. The Morgan fingerprint density at radius 1 is 1.28 bits per heavy atom. The molecule has 2 rings (SSSR count). The van der Waals surface area contributed by atoms with E-state index in [-0.39, 0.29) is 29.1 Å². The highest BCUT2D eigenvalue weighted by atomic mass is 32.2. The normalized spacial score (nSPS) is 20.1. The Balaban J connectivity index is 2.30. The number of nitrogens with two attached hydrogens (primary N) is 1. The van der Waals surface area contributed by atoms with Crippen LogP contribution in [0.1, 0.15) is 36.5 Å². The highest BCUT2D eigenvalue weighted by molar-refractivity contribution is 7.92. The molecule has 0 spiro atoms. The zero-order valence-corrected chi connectivity index (χ0v) is 15.2. The minimum absolute atomic E-state index is 0.0343. The summed E-state index contributed by atoms with van der Waals surface area (Å²) in [5.41, 5.74) is 6.47. The summed E-state index contributed by atoms with van der Waals surface area (Å²) in [6.07, 6.45) is 3.81. The molecule has 1 saturated carbocycles. The Labute approximate surface area is 147 Å². The van der Waals surface area contributed by atoms with Crippen LogP contribution < -0.4 is 21.1 Å². The number of rotatable bonds is 6. The van der Waals surface area contributed by atoms with E-state index in [0.717, 1.165) is 25.5 Å². The molecule has 1 aromatic carbocycles. The van der Waals surface area contributed by atoms with Gasteiger partial charge in [0.15, 0.2) is 0 Å². The van der Waals surface area contributed by atoms with Crippen molar-refractivity contribution in [3.63, 3.8) is 0 Å². The van der Waals surface area contributed by atoms with Crippen LogP contribution in [0.15, 0.2) is 18.2 Å². The fourth-order valence-corrected chi connectivity index (χ4v) is 3.63. The molecule has 1 aliphatic carbocycles. The molecular formula is C16H24N4O4S. The van der Waals surface area contributed by atoms with E-state index in [1.165, 1.54) is 25.1 Å². The van der Waals surface area contributed by atoms with Gasteiger partial charge in [-0.05, 0) is 43.5 Å². The van der Waals surface area contributed by atoms with E-state index >= 15 is 0 Å². The van der Waals surface area contributed by atoms with Crippen LogP contribution in [0.3, 0.4) is 0 Å². The standard InChI is InChI=1S/C16H24N4O4S/c1-10(21)18-12-6-7-15(20-25(2,23)24)13(8-12)16(22)19-14-5-3-4-11(14)9-17/h6-8,11,14,20H,3-5,9,17H2,1-2H3,(H,18,21)(H,19,22). The number of anilines is 2. The van der Waals surface area contributed by atoms with Crippen molar-refractivity contribution < 1.29 is 18.0 Å². The topological polar surface area (TPSA) is 130 Å². The van der Waals surface area contributed by atoms with Crippen molar-refractivity contribution >= 4 is 33.2 Å². The predicted octanol–water partition coefficient (Wildman–Crippen LogP) is 0.874. The van der Waals surface area contributed by atoms with Crippen molar-refractivity contribution in [2.75, 3.05) is 22.8 Å². The Bertz CT molecular complexity index is 763. The molecule has 0 aliphatic heterocycles. The van der Waals surface area contributed by atoms with Crippen molar-refractivity contribution in [3.05, 3.63) is 23.8 Å². The average molecular weight is 368 g/mol. The zero-order chi connectivity index (χ0) is 18.6. The fraction of sp³-hybridized carbons (Fsp3) is 0.500. The minimum Gasteiger partial charge on any atom is -0.349 e. The molecule has 2 atom stereocenters. The second-order valence-electron chi connectivity index (χ2n) is 6.32. The molecule has 5 N–H and O–H groups in total. The van der Waals surface area contributed by atoms with Gasteiger partial charge in [0.05, 0.1) is 17.5 Å². The van der Waals surface area contributed by atoms with Crippen LogP contribution >= 0.6 is 0 Å². The molecule has 0 heterocycles. The average Bonchev–Trinajstić information content (AvgIpc) is 2.94. The van der Waals surface area contributed by atoms with Gasteiger partial charge in [-0.25, -0.2) is 8.42 Å². The van der Waals surface area contributed by atoms with Crippen LogP contribution in [0.25, 0.3) is 0 Å². The number of sulfonamides is 1. The monoisotopic (exact) mass is 368 g/mol. The number of benzene rings is 1. The molecule has 138 valence electrons. The van der Waals surface area contributed by atoms with Gasteiger partial charge in [-0.2, -0.15) is 0 Å². The Morgan fingerprint density at radius 3 is 2.60 bits per heavy atom. The van der Waals surface area contributed by atoms with Gasteiger partial charge < -0.3 is 16.4 Å². The SMILES string of the molecule is CC(=O)Nc1ccc(NS(C)(=O)=O)c(C(=O)NC2CCCC2CN)c1. The fourth-order valence-electron chi connectivity index (χ4n) is 3.06.